The third kappa shape index (κ3) is 1.15. The van der Waals surface area contributed by atoms with Gasteiger partial charge in [0.05, 0.1) is 18.1 Å². The number of likely N-dealkylation sites (N-methyl/N-ethyl adjacent to an activating group) is 1. The fraction of sp³-hybridized carbons (Fsp3) is 0.846. The SMILES string of the molecule is CNC(=O)C(C)N1C(=O)C2C3CC4C(OC1C42)C3O. The second-order valence-electron chi connectivity index (χ2n) is 6.18. The molecule has 19 heavy (non-hydrogen) atoms. The van der Waals surface area contributed by atoms with Gasteiger partial charge in [-0.3, -0.25) is 9.59 Å². The number of likely N-dealkylation sites (tertiary alicyclic amines) is 1. The lowest BCUT2D eigenvalue weighted by Gasteiger charge is -2.32. The fourth-order valence-electron chi connectivity index (χ4n) is 4.84. The number of amides is 2. The van der Waals surface area contributed by atoms with E-state index in [1.54, 1.807) is 18.9 Å². The van der Waals surface area contributed by atoms with Crippen molar-refractivity contribution in [3.63, 3.8) is 0 Å². The normalized spacial score (nSPS) is 51.0. The highest BCUT2D eigenvalue weighted by molar-refractivity contribution is 5.90. The van der Waals surface area contributed by atoms with Gasteiger partial charge in [-0.05, 0) is 25.2 Å². The number of ether oxygens (including phenoxy) is 1. The van der Waals surface area contributed by atoms with Crippen molar-refractivity contribution in [3.8, 4) is 0 Å². The van der Waals surface area contributed by atoms with Gasteiger partial charge in [0.25, 0.3) is 0 Å². The molecule has 4 rings (SSSR count). The summed E-state index contributed by atoms with van der Waals surface area (Å²) >= 11 is 0. The van der Waals surface area contributed by atoms with Crippen LogP contribution in [0.1, 0.15) is 13.3 Å². The number of hydrogen-bond donors (Lipinski definition) is 2. The molecule has 0 aromatic rings. The molecule has 0 radical (unpaired) electrons. The summed E-state index contributed by atoms with van der Waals surface area (Å²) in [5.74, 6) is 0.166. The predicted molar refractivity (Wildman–Crippen MR) is 63.6 cm³/mol. The van der Waals surface area contributed by atoms with Crippen LogP contribution in [0.5, 0.6) is 0 Å². The van der Waals surface area contributed by atoms with Gasteiger partial charge in [0.15, 0.2) is 0 Å². The summed E-state index contributed by atoms with van der Waals surface area (Å²) in [4.78, 5) is 26.0. The highest BCUT2D eigenvalue weighted by Gasteiger charge is 2.73. The fourth-order valence-corrected chi connectivity index (χ4v) is 4.84. The van der Waals surface area contributed by atoms with Crippen LogP contribution in [0.3, 0.4) is 0 Å². The van der Waals surface area contributed by atoms with Gasteiger partial charge in [-0.15, -0.1) is 0 Å². The number of rotatable bonds is 2. The average Bonchev–Trinajstić information content (AvgIpc) is 3.05. The monoisotopic (exact) mass is 266 g/mol. The van der Waals surface area contributed by atoms with Crippen molar-refractivity contribution < 1.29 is 19.4 Å². The molecule has 2 saturated carbocycles. The Morgan fingerprint density at radius 2 is 2.26 bits per heavy atom. The van der Waals surface area contributed by atoms with Gasteiger partial charge in [0.1, 0.15) is 12.3 Å². The Balaban J connectivity index is 1.69. The molecule has 0 aromatic carbocycles. The Morgan fingerprint density at radius 1 is 1.53 bits per heavy atom. The summed E-state index contributed by atoms with van der Waals surface area (Å²) in [6.45, 7) is 1.73. The zero-order chi connectivity index (χ0) is 13.5. The van der Waals surface area contributed by atoms with Crippen LogP contribution in [0.2, 0.25) is 0 Å². The number of aliphatic hydroxyl groups excluding tert-OH is 1. The molecule has 2 bridgehead atoms. The van der Waals surface area contributed by atoms with Crippen molar-refractivity contribution in [2.45, 2.75) is 37.8 Å². The molecule has 104 valence electrons. The third-order valence-electron chi connectivity index (χ3n) is 5.59. The van der Waals surface area contributed by atoms with Gasteiger partial charge in [0.2, 0.25) is 11.8 Å². The molecular formula is C13H18N2O4. The standard InChI is InChI=1S/C13H18N2O4/c1-4(11(17)14-2)15-12(18)7-5-3-6-8(7)13(15)19-10(6)9(5)16/h4-10,13,16H,3H2,1-2H3,(H,14,17). The molecule has 2 saturated heterocycles. The summed E-state index contributed by atoms with van der Waals surface area (Å²) in [6, 6.07) is -0.511. The van der Waals surface area contributed by atoms with E-state index in [-0.39, 0.29) is 41.9 Å². The molecule has 2 aliphatic heterocycles. The molecule has 4 aliphatic rings. The summed E-state index contributed by atoms with van der Waals surface area (Å²) in [5.41, 5.74) is 0. The van der Waals surface area contributed by atoms with Crippen LogP contribution in [0, 0.1) is 23.7 Å². The number of carbonyl (C=O) groups is 2. The van der Waals surface area contributed by atoms with E-state index in [1.807, 2.05) is 0 Å². The van der Waals surface area contributed by atoms with Crippen LogP contribution in [0.15, 0.2) is 0 Å². The van der Waals surface area contributed by atoms with Crippen molar-refractivity contribution in [2.75, 3.05) is 7.05 Å². The molecule has 2 amide bonds. The maximum atomic E-state index is 12.6. The zero-order valence-corrected chi connectivity index (χ0v) is 10.9. The van der Waals surface area contributed by atoms with Gasteiger partial charge < -0.3 is 20.1 Å². The molecule has 2 N–H and O–H groups in total. The molecule has 0 spiro atoms. The lowest BCUT2D eigenvalue weighted by molar-refractivity contribution is -0.159. The van der Waals surface area contributed by atoms with Gasteiger partial charge in [-0.1, -0.05) is 0 Å². The lowest BCUT2D eigenvalue weighted by atomic mass is 9.80. The number of fused-ring (bicyclic) bond motifs is 2. The van der Waals surface area contributed by atoms with Crippen molar-refractivity contribution in [3.05, 3.63) is 0 Å². The zero-order valence-electron chi connectivity index (χ0n) is 10.9. The first kappa shape index (κ1) is 11.7. The minimum absolute atomic E-state index is 0.0178. The summed E-state index contributed by atoms with van der Waals surface area (Å²) < 4.78 is 5.92. The van der Waals surface area contributed by atoms with Crippen molar-refractivity contribution in [1.29, 1.82) is 0 Å². The maximum absolute atomic E-state index is 12.6. The topological polar surface area (TPSA) is 78.9 Å². The van der Waals surface area contributed by atoms with E-state index in [0.717, 1.165) is 6.42 Å². The first-order valence-electron chi connectivity index (χ1n) is 6.93. The van der Waals surface area contributed by atoms with Crippen molar-refractivity contribution in [1.82, 2.24) is 10.2 Å². The number of aliphatic hydroxyl groups is 1. The largest absolute Gasteiger partial charge is 0.390 e. The van der Waals surface area contributed by atoms with Crippen LogP contribution in [0.25, 0.3) is 0 Å². The highest BCUT2D eigenvalue weighted by atomic mass is 16.5. The molecule has 4 fully saturated rings. The number of hydrogen-bond acceptors (Lipinski definition) is 4. The first-order chi connectivity index (χ1) is 9.06. The third-order valence-corrected chi connectivity index (χ3v) is 5.59. The van der Waals surface area contributed by atoms with Crippen LogP contribution in [0.4, 0.5) is 0 Å². The lowest BCUT2D eigenvalue weighted by Crippen LogP contribution is -2.51. The predicted octanol–water partition coefficient (Wildman–Crippen LogP) is -1.07. The quantitative estimate of drug-likeness (QED) is 0.667. The van der Waals surface area contributed by atoms with Crippen molar-refractivity contribution >= 4 is 11.8 Å². The molecule has 2 aliphatic carbocycles. The Kier molecular flexibility index (Phi) is 2.14. The van der Waals surface area contributed by atoms with Crippen LogP contribution in [-0.2, 0) is 14.3 Å². The van der Waals surface area contributed by atoms with E-state index in [9.17, 15) is 14.7 Å². The van der Waals surface area contributed by atoms with E-state index in [0.29, 0.717) is 5.92 Å². The van der Waals surface area contributed by atoms with Gasteiger partial charge >= 0.3 is 0 Å². The van der Waals surface area contributed by atoms with Gasteiger partial charge in [-0.25, -0.2) is 0 Å². The van der Waals surface area contributed by atoms with Crippen molar-refractivity contribution in [2.24, 2.45) is 23.7 Å². The van der Waals surface area contributed by atoms with Crippen LogP contribution in [-0.4, -0.2) is 53.3 Å². The summed E-state index contributed by atoms with van der Waals surface area (Å²) in [5, 5.41) is 12.7. The smallest absolute Gasteiger partial charge is 0.242 e. The van der Waals surface area contributed by atoms with Crippen LogP contribution >= 0.6 is 0 Å². The minimum atomic E-state index is -0.511. The molecule has 8 unspecified atom stereocenters. The van der Waals surface area contributed by atoms with E-state index in [1.165, 1.54) is 0 Å². The summed E-state index contributed by atoms with van der Waals surface area (Å²) in [7, 11) is 1.57. The van der Waals surface area contributed by atoms with E-state index >= 15 is 0 Å². The second-order valence-corrected chi connectivity index (χ2v) is 6.18. The van der Waals surface area contributed by atoms with E-state index in [2.05, 4.69) is 5.32 Å². The molecule has 0 aromatic heterocycles. The molecular weight excluding hydrogens is 248 g/mol. The van der Waals surface area contributed by atoms with Crippen LogP contribution < -0.4 is 5.32 Å². The Morgan fingerprint density at radius 3 is 2.95 bits per heavy atom. The number of nitrogens with zero attached hydrogens (tertiary/aromatic N) is 1. The molecule has 8 atom stereocenters. The Hall–Kier alpha value is -1.14. The number of nitrogens with one attached hydrogen (secondary N) is 1. The van der Waals surface area contributed by atoms with Gasteiger partial charge in [0, 0.05) is 13.0 Å². The minimum Gasteiger partial charge on any atom is -0.390 e. The Bertz CT molecular complexity index is 468. The van der Waals surface area contributed by atoms with E-state index < -0.39 is 12.1 Å². The molecule has 2 heterocycles. The van der Waals surface area contributed by atoms with E-state index in [4.69, 9.17) is 4.74 Å². The first-order valence-corrected chi connectivity index (χ1v) is 6.93. The van der Waals surface area contributed by atoms with Gasteiger partial charge in [-0.2, -0.15) is 0 Å². The second kappa shape index (κ2) is 3.49. The average molecular weight is 266 g/mol. The number of carbonyl (C=O) groups excluding carboxylic acids is 2. The molecule has 6 nitrogen and oxygen atoms in total. The molecule has 6 heteroatoms. The highest BCUT2D eigenvalue weighted by Crippen LogP contribution is 2.63. The Labute approximate surface area is 111 Å². The maximum Gasteiger partial charge on any atom is 0.242 e. The summed E-state index contributed by atoms with van der Waals surface area (Å²) in [6.07, 6.45) is -0.0608.